The molecule has 0 saturated heterocycles. The zero-order valence-corrected chi connectivity index (χ0v) is 16.1. The largest absolute Gasteiger partial charge is 0.493 e. The van der Waals surface area contributed by atoms with Crippen LogP contribution >= 0.6 is 0 Å². The molecule has 2 aromatic carbocycles. The van der Waals surface area contributed by atoms with E-state index in [-0.39, 0.29) is 12.7 Å². The number of ether oxygens (including phenoxy) is 4. The lowest BCUT2D eigenvalue weighted by molar-refractivity contribution is -0.134. The molecule has 1 saturated carbocycles. The first-order valence-electron chi connectivity index (χ1n) is 9.58. The first-order chi connectivity index (χ1) is 13.6. The summed E-state index contributed by atoms with van der Waals surface area (Å²) in [7, 11) is 3.28. The molecule has 0 aromatic heterocycles. The van der Waals surface area contributed by atoms with Crippen LogP contribution in [0.15, 0.2) is 30.3 Å². The third-order valence-electron chi connectivity index (χ3n) is 6.09. The Balaban J connectivity index is 1.41. The molecule has 2 heterocycles. The summed E-state index contributed by atoms with van der Waals surface area (Å²) in [5.41, 5.74) is 2.95. The Morgan fingerprint density at radius 1 is 1.00 bits per heavy atom. The summed E-state index contributed by atoms with van der Waals surface area (Å²) < 4.78 is 21.8. The van der Waals surface area contributed by atoms with Crippen LogP contribution in [0.5, 0.6) is 23.0 Å². The van der Waals surface area contributed by atoms with E-state index in [0.717, 1.165) is 47.6 Å². The van der Waals surface area contributed by atoms with Gasteiger partial charge in [0.15, 0.2) is 23.0 Å². The zero-order chi connectivity index (χ0) is 19.3. The molecule has 0 unspecified atom stereocenters. The minimum atomic E-state index is -0.422. The third kappa shape index (κ3) is 2.58. The van der Waals surface area contributed by atoms with Crippen molar-refractivity contribution in [3.63, 3.8) is 0 Å². The van der Waals surface area contributed by atoms with Crippen LogP contribution in [0.3, 0.4) is 0 Å². The number of carbonyl (C=O) groups excluding carboxylic acids is 1. The molecule has 0 N–H and O–H groups in total. The number of hydrogen-bond acceptors (Lipinski definition) is 5. The number of benzene rings is 2. The summed E-state index contributed by atoms with van der Waals surface area (Å²) in [6.07, 6.45) is 2.57. The Morgan fingerprint density at radius 3 is 2.43 bits per heavy atom. The second-order valence-electron chi connectivity index (χ2n) is 7.60. The predicted molar refractivity (Wildman–Crippen MR) is 102 cm³/mol. The van der Waals surface area contributed by atoms with Gasteiger partial charge < -0.3 is 23.8 Å². The fourth-order valence-electron chi connectivity index (χ4n) is 4.30. The van der Waals surface area contributed by atoms with Crippen molar-refractivity contribution >= 4 is 5.91 Å². The van der Waals surface area contributed by atoms with Crippen LogP contribution in [0.1, 0.15) is 29.5 Å². The first kappa shape index (κ1) is 17.2. The number of nitrogens with zero attached hydrogens (tertiary/aromatic N) is 1. The van der Waals surface area contributed by atoms with Crippen molar-refractivity contribution in [2.45, 2.75) is 31.2 Å². The van der Waals surface area contributed by atoms with Gasteiger partial charge in [-0.2, -0.15) is 0 Å². The molecule has 2 aliphatic heterocycles. The van der Waals surface area contributed by atoms with E-state index in [9.17, 15) is 4.79 Å². The quantitative estimate of drug-likeness (QED) is 0.815. The van der Waals surface area contributed by atoms with Crippen molar-refractivity contribution in [3.8, 4) is 23.0 Å². The van der Waals surface area contributed by atoms with Crippen LogP contribution in [0, 0.1) is 0 Å². The van der Waals surface area contributed by atoms with Crippen LogP contribution in [-0.4, -0.2) is 38.4 Å². The molecule has 1 amide bonds. The van der Waals surface area contributed by atoms with E-state index in [1.807, 2.05) is 35.2 Å². The molecule has 2 aromatic rings. The molecular weight excluding hydrogens is 358 g/mol. The Morgan fingerprint density at radius 2 is 1.71 bits per heavy atom. The maximum atomic E-state index is 13.5. The maximum Gasteiger partial charge on any atom is 0.233 e. The number of rotatable bonds is 4. The van der Waals surface area contributed by atoms with Gasteiger partial charge in [0, 0.05) is 13.1 Å². The van der Waals surface area contributed by atoms with Gasteiger partial charge in [-0.05, 0) is 60.2 Å². The van der Waals surface area contributed by atoms with Crippen LogP contribution in [-0.2, 0) is 23.2 Å². The van der Waals surface area contributed by atoms with E-state index < -0.39 is 5.41 Å². The summed E-state index contributed by atoms with van der Waals surface area (Å²) in [6, 6.07) is 9.91. The SMILES string of the molecule is COc1cc2c(cc1OC)CN(C(=O)C1(c3ccc4c(c3)OCO4)CC1)CC2. The van der Waals surface area contributed by atoms with Gasteiger partial charge in [-0.25, -0.2) is 0 Å². The zero-order valence-electron chi connectivity index (χ0n) is 16.1. The van der Waals surface area contributed by atoms with Gasteiger partial charge in [0.1, 0.15) is 0 Å². The number of amides is 1. The first-order valence-corrected chi connectivity index (χ1v) is 9.58. The monoisotopic (exact) mass is 381 g/mol. The molecule has 1 aliphatic carbocycles. The highest BCUT2D eigenvalue weighted by Crippen LogP contribution is 2.52. The third-order valence-corrected chi connectivity index (χ3v) is 6.09. The van der Waals surface area contributed by atoms with Crippen molar-refractivity contribution in [1.29, 1.82) is 0 Å². The Hall–Kier alpha value is -2.89. The van der Waals surface area contributed by atoms with Gasteiger partial charge >= 0.3 is 0 Å². The van der Waals surface area contributed by atoms with Crippen molar-refractivity contribution in [3.05, 3.63) is 47.0 Å². The molecule has 0 atom stereocenters. The second-order valence-corrected chi connectivity index (χ2v) is 7.60. The number of fused-ring (bicyclic) bond motifs is 2. The number of carbonyl (C=O) groups is 1. The Kier molecular flexibility index (Phi) is 3.89. The molecule has 6 nitrogen and oxygen atoms in total. The molecule has 0 radical (unpaired) electrons. The highest BCUT2D eigenvalue weighted by atomic mass is 16.7. The summed E-state index contributed by atoms with van der Waals surface area (Å²) in [4.78, 5) is 15.4. The minimum Gasteiger partial charge on any atom is -0.493 e. The fraction of sp³-hybridized carbons (Fsp3) is 0.409. The standard InChI is InChI=1S/C22H23NO5/c1-25-18-9-14-5-8-23(12-15(14)10-19(18)26-2)21(24)22(6-7-22)16-3-4-17-20(11-16)28-13-27-17/h3-4,9-11H,5-8,12-13H2,1-2H3. The summed E-state index contributed by atoms with van der Waals surface area (Å²) in [5, 5.41) is 0. The van der Waals surface area contributed by atoms with Crippen molar-refractivity contribution < 1.29 is 23.7 Å². The topological polar surface area (TPSA) is 57.2 Å². The van der Waals surface area contributed by atoms with E-state index in [1.165, 1.54) is 5.56 Å². The van der Waals surface area contributed by atoms with Crippen LogP contribution in [0.25, 0.3) is 0 Å². The number of methoxy groups -OCH3 is 2. The van der Waals surface area contributed by atoms with E-state index in [1.54, 1.807) is 14.2 Å². The summed E-state index contributed by atoms with van der Waals surface area (Å²) >= 11 is 0. The smallest absolute Gasteiger partial charge is 0.233 e. The average Bonchev–Trinajstić information content (AvgIpc) is 3.42. The van der Waals surface area contributed by atoms with Crippen molar-refractivity contribution in [2.75, 3.05) is 27.6 Å². The average molecular weight is 381 g/mol. The lowest BCUT2D eigenvalue weighted by Crippen LogP contribution is -2.42. The lowest BCUT2D eigenvalue weighted by atomic mass is 9.91. The number of hydrogen-bond donors (Lipinski definition) is 0. The van der Waals surface area contributed by atoms with E-state index >= 15 is 0 Å². The van der Waals surface area contributed by atoms with Gasteiger partial charge in [0.2, 0.25) is 12.7 Å². The highest BCUT2D eigenvalue weighted by Gasteiger charge is 2.53. The maximum absolute atomic E-state index is 13.5. The van der Waals surface area contributed by atoms with Gasteiger partial charge in [-0.15, -0.1) is 0 Å². The second kappa shape index (κ2) is 6.33. The van der Waals surface area contributed by atoms with Gasteiger partial charge in [-0.3, -0.25) is 4.79 Å². The van der Waals surface area contributed by atoms with Crippen molar-refractivity contribution in [1.82, 2.24) is 4.90 Å². The van der Waals surface area contributed by atoms with E-state index in [2.05, 4.69) is 0 Å². The predicted octanol–water partition coefficient (Wildman–Crippen LogP) is 3.05. The van der Waals surface area contributed by atoms with Gasteiger partial charge in [0.05, 0.1) is 19.6 Å². The molecular formula is C22H23NO5. The summed E-state index contributed by atoms with van der Waals surface area (Å²) in [6.45, 7) is 1.56. The van der Waals surface area contributed by atoms with Gasteiger partial charge in [0.25, 0.3) is 0 Å². The molecule has 1 fully saturated rings. The minimum absolute atomic E-state index is 0.201. The molecule has 146 valence electrons. The molecule has 5 rings (SSSR count). The van der Waals surface area contributed by atoms with E-state index in [4.69, 9.17) is 18.9 Å². The van der Waals surface area contributed by atoms with Crippen LogP contribution in [0.4, 0.5) is 0 Å². The molecule has 3 aliphatic rings. The Labute approximate surface area is 163 Å². The van der Waals surface area contributed by atoms with Gasteiger partial charge in [-0.1, -0.05) is 6.07 Å². The highest BCUT2D eigenvalue weighted by molar-refractivity contribution is 5.91. The molecule has 6 heteroatoms. The molecule has 0 bridgehead atoms. The molecule has 28 heavy (non-hydrogen) atoms. The van der Waals surface area contributed by atoms with E-state index in [0.29, 0.717) is 18.8 Å². The molecule has 0 spiro atoms. The lowest BCUT2D eigenvalue weighted by Gasteiger charge is -2.32. The van der Waals surface area contributed by atoms with Crippen LogP contribution in [0.2, 0.25) is 0 Å². The van der Waals surface area contributed by atoms with Crippen LogP contribution < -0.4 is 18.9 Å². The Bertz CT molecular complexity index is 950. The fourth-order valence-corrected chi connectivity index (χ4v) is 4.30. The normalized spacial score (nSPS) is 18.4. The summed E-state index contributed by atoms with van der Waals surface area (Å²) in [5.74, 6) is 3.12. The van der Waals surface area contributed by atoms with Crippen molar-refractivity contribution in [2.24, 2.45) is 0 Å².